The van der Waals surface area contributed by atoms with E-state index in [9.17, 15) is 14.7 Å². The molecule has 0 bridgehead atoms. The lowest BCUT2D eigenvalue weighted by Gasteiger charge is -2.37. The van der Waals surface area contributed by atoms with Crippen LogP contribution < -0.4 is 0 Å². The summed E-state index contributed by atoms with van der Waals surface area (Å²) in [6, 6.07) is 0. The third-order valence-corrected chi connectivity index (χ3v) is 5.84. The number of allylic oxidation sites excluding steroid dienone is 2. The van der Waals surface area contributed by atoms with Crippen LogP contribution in [0.25, 0.3) is 0 Å². The van der Waals surface area contributed by atoms with Crippen molar-refractivity contribution in [1.29, 1.82) is 0 Å². The molecule has 94 valence electrons. The van der Waals surface area contributed by atoms with Crippen LogP contribution in [0, 0.1) is 11.8 Å². The Morgan fingerprint density at radius 2 is 2.18 bits per heavy atom. The molecule has 6 heteroatoms. The number of hydrogen-bond acceptors (Lipinski definition) is 4. The van der Waals surface area contributed by atoms with E-state index in [1.54, 1.807) is 0 Å². The molecule has 0 unspecified atom stereocenters. The normalized spacial score (nSPS) is 37.0. The van der Waals surface area contributed by atoms with Gasteiger partial charge in [-0.1, -0.05) is 38.3 Å². The van der Waals surface area contributed by atoms with E-state index in [1.807, 2.05) is 0 Å². The summed E-state index contributed by atoms with van der Waals surface area (Å²) in [5, 5.41) is 9.82. The van der Waals surface area contributed by atoms with E-state index in [4.69, 9.17) is 4.74 Å². The highest BCUT2D eigenvalue weighted by molar-refractivity contribution is 9.12. The van der Waals surface area contributed by atoms with Crippen molar-refractivity contribution in [1.82, 2.24) is 0 Å². The molecule has 0 amide bonds. The molecule has 0 radical (unpaired) electrons. The Labute approximate surface area is 116 Å². The quantitative estimate of drug-likeness (QED) is 0.439. The molecule has 1 fully saturated rings. The lowest BCUT2D eigenvalue weighted by molar-refractivity contribution is -0.149. The summed E-state index contributed by atoms with van der Waals surface area (Å²) in [7, 11) is 1.24. The molecular weight excluding hydrogens is 356 g/mol. The molecule has 0 aromatic rings. The average molecular weight is 368 g/mol. The number of aliphatic hydroxyl groups is 1. The topological polar surface area (TPSA) is 63.6 Å². The highest BCUT2D eigenvalue weighted by Crippen LogP contribution is 2.53. The van der Waals surface area contributed by atoms with Crippen LogP contribution >= 0.6 is 31.9 Å². The molecule has 0 aliphatic heterocycles. The fraction of sp³-hybridized carbons (Fsp3) is 0.636. The van der Waals surface area contributed by atoms with Crippen LogP contribution in [0.4, 0.5) is 0 Å². The summed E-state index contributed by atoms with van der Waals surface area (Å²) >= 11 is 6.48. The Morgan fingerprint density at radius 3 is 2.76 bits per heavy atom. The second-order valence-corrected chi connectivity index (χ2v) is 6.48. The third kappa shape index (κ3) is 1.68. The van der Waals surface area contributed by atoms with Gasteiger partial charge in [-0.2, -0.15) is 0 Å². The molecular formula is C11H12Br2O4. The molecule has 4 nitrogen and oxygen atoms in total. The van der Waals surface area contributed by atoms with Gasteiger partial charge in [-0.25, -0.2) is 0 Å². The lowest BCUT2D eigenvalue weighted by atomic mass is 9.76. The lowest BCUT2D eigenvalue weighted by Crippen LogP contribution is -2.52. The summed E-state index contributed by atoms with van der Waals surface area (Å²) in [5.74, 6) is -1.76. The molecule has 1 saturated carbocycles. The van der Waals surface area contributed by atoms with Crippen molar-refractivity contribution in [3.63, 3.8) is 0 Å². The Hall–Kier alpha value is -0.360. The van der Waals surface area contributed by atoms with Crippen LogP contribution in [0.3, 0.4) is 0 Å². The first-order chi connectivity index (χ1) is 7.94. The standard InChI is InChI=1S/C11H12Br2O4/c1-17-10(16)11(13)6-4-2-3-5(6)7(12)8(14)9(11)15/h5-6,14H,2-4H2,1H3/t5-,6+,11+/m0/s1. The van der Waals surface area contributed by atoms with E-state index >= 15 is 0 Å². The van der Waals surface area contributed by atoms with Crippen molar-refractivity contribution in [2.24, 2.45) is 11.8 Å². The van der Waals surface area contributed by atoms with E-state index in [0.29, 0.717) is 4.48 Å². The fourth-order valence-electron chi connectivity index (χ4n) is 2.76. The van der Waals surface area contributed by atoms with Crippen LogP contribution in [0.5, 0.6) is 0 Å². The predicted molar refractivity (Wildman–Crippen MR) is 68.1 cm³/mol. The van der Waals surface area contributed by atoms with E-state index < -0.39 is 16.1 Å². The molecule has 3 atom stereocenters. The van der Waals surface area contributed by atoms with Gasteiger partial charge in [0.05, 0.1) is 7.11 Å². The first kappa shape index (κ1) is 13.1. The molecule has 0 spiro atoms. The summed E-state index contributed by atoms with van der Waals surface area (Å²) in [4.78, 5) is 24.0. The van der Waals surface area contributed by atoms with Crippen LogP contribution in [-0.2, 0) is 14.3 Å². The Morgan fingerprint density at radius 1 is 1.53 bits per heavy atom. The number of carbonyl (C=O) groups is 2. The molecule has 0 saturated heterocycles. The second-order valence-electron chi connectivity index (χ2n) is 4.37. The molecule has 2 rings (SSSR count). The first-order valence-corrected chi connectivity index (χ1v) is 6.94. The molecule has 0 heterocycles. The van der Waals surface area contributed by atoms with Crippen molar-refractivity contribution in [3.8, 4) is 0 Å². The number of alkyl halides is 1. The number of aliphatic hydroxyl groups excluding tert-OH is 1. The molecule has 1 N–H and O–H groups in total. The summed E-state index contributed by atoms with van der Waals surface area (Å²) in [6.07, 6.45) is 2.54. The minimum Gasteiger partial charge on any atom is -0.504 e. The number of carbonyl (C=O) groups excluding carboxylic acids is 2. The molecule has 2 aliphatic carbocycles. The van der Waals surface area contributed by atoms with Crippen molar-refractivity contribution in [2.75, 3.05) is 7.11 Å². The monoisotopic (exact) mass is 366 g/mol. The Kier molecular flexibility index (Phi) is 3.38. The number of ketones is 1. The first-order valence-electron chi connectivity index (χ1n) is 5.35. The number of hydrogen-bond donors (Lipinski definition) is 1. The minimum atomic E-state index is -1.43. The number of ether oxygens (including phenoxy) is 1. The van der Waals surface area contributed by atoms with Crippen LogP contribution in [-0.4, -0.2) is 28.3 Å². The van der Waals surface area contributed by atoms with Crippen molar-refractivity contribution >= 4 is 43.6 Å². The minimum absolute atomic E-state index is 0.00572. The van der Waals surface area contributed by atoms with Gasteiger partial charge < -0.3 is 9.84 Å². The van der Waals surface area contributed by atoms with Gasteiger partial charge in [-0.3, -0.25) is 9.59 Å². The van der Waals surface area contributed by atoms with E-state index in [-0.39, 0.29) is 17.6 Å². The SMILES string of the molecule is COC(=O)[C@]1(Br)C(=O)C(O)=C(Br)[C@H]2CCC[C@H]21. The predicted octanol–water partition coefficient (Wildman–Crippen LogP) is 2.46. The van der Waals surface area contributed by atoms with Crippen molar-refractivity contribution in [3.05, 3.63) is 10.2 Å². The zero-order valence-electron chi connectivity index (χ0n) is 9.20. The highest BCUT2D eigenvalue weighted by atomic mass is 79.9. The van der Waals surface area contributed by atoms with Crippen LogP contribution in [0.15, 0.2) is 10.2 Å². The zero-order chi connectivity index (χ0) is 12.8. The van der Waals surface area contributed by atoms with E-state index in [1.165, 1.54) is 7.11 Å². The van der Waals surface area contributed by atoms with Gasteiger partial charge in [-0.15, -0.1) is 0 Å². The Balaban J connectivity index is 2.54. The number of fused-ring (bicyclic) bond motifs is 1. The van der Waals surface area contributed by atoms with Gasteiger partial charge in [0.25, 0.3) is 0 Å². The van der Waals surface area contributed by atoms with Crippen LogP contribution in [0.2, 0.25) is 0 Å². The highest BCUT2D eigenvalue weighted by Gasteiger charge is 2.60. The fourth-order valence-corrected chi connectivity index (χ4v) is 4.38. The summed E-state index contributed by atoms with van der Waals surface area (Å²) in [6.45, 7) is 0. The molecule has 0 aromatic carbocycles. The van der Waals surface area contributed by atoms with Gasteiger partial charge >= 0.3 is 5.97 Å². The number of Topliss-reactive ketones (excluding diaryl/α,β-unsaturated/α-hetero) is 1. The molecule has 0 aromatic heterocycles. The smallest absolute Gasteiger partial charge is 0.331 e. The van der Waals surface area contributed by atoms with Gasteiger partial charge in [0.15, 0.2) is 10.1 Å². The average Bonchev–Trinajstić information content (AvgIpc) is 2.82. The van der Waals surface area contributed by atoms with Gasteiger partial charge in [-0.05, 0) is 18.8 Å². The zero-order valence-corrected chi connectivity index (χ0v) is 12.4. The van der Waals surface area contributed by atoms with Gasteiger partial charge in [0.1, 0.15) is 0 Å². The number of esters is 1. The van der Waals surface area contributed by atoms with Crippen molar-refractivity contribution < 1.29 is 19.4 Å². The molecule has 2 aliphatic rings. The van der Waals surface area contributed by atoms with Crippen LogP contribution in [0.1, 0.15) is 19.3 Å². The second kappa shape index (κ2) is 4.39. The Bertz CT molecular complexity index is 418. The largest absolute Gasteiger partial charge is 0.504 e. The number of halogens is 2. The van der Waals surface area contributed by atoms with Gasteiger partial charge in [0.2, 0.25) is 5.78 Å². The van der Waals surface area contributed by atoms with Gasteiger partial charge in [0, 0.05) is 10.4 Å². The number of rotatable bonds is 1. The maximum absolute atomic E-state index is 12.1. The molecule has 17 heavy (non-hydrogen) atoms. The van der Waals surface area contributed by atoms with E-state index in [2.05, 4.69) is 31.9 Å². The van der Waals surface area contributed by atoms with Crippen molar-refractivity contribution in [2.45, 2.75) is 23.6 Å². The third-order valence-electron chi connectivity index (χ3n) is 3.61. The maximum Gasteiger partial charge on any atom is 0.331 e. The maximum atomic E-state index is 12.1. The number of methoxy groups -OCH3 is 1. The van der Waals surface area contributed by atoms with E-state index in [0.717, 1.165) is 19.3 Å². The summed E-state index contributed by atoms with van der Waals surface area (Å²) in [5.41, 5.74) is 0. The summed E-state index contributed by atoms with van der Waals surface area (Å²) < 4.78 is 3.79.